The molecule has 0 atom stereocenters. The van der Waals surface area contributed by atoms with Crippen molar-refractivity contribution in [2.45, 2.75) is 20.4 Å². The van der Waals surface area contributed by atoms with Gasteiger partial charge in [-0.1, -0.05) is 53.5 Å². The first kappa shape index (κ1) is 21.6. The van der Waals surface area contributed by atoms with E-state index >= 15 is 0 Å². The van der Waals surface area contributed by atoms with Crippen molar-refractivity contribution < 1.29 is 9.59 Å². The number of nitrogens with zero attached hydrogens (tertiary/aromatic N) is 2. The van der Waals surface area contributed by atoms with Gasteiger partial charge in [-0.05, 0) is 36.8 Å². The van der Waals surface area contributed by atoms with E-state index in [2.05, 4.69) is 15.7 Å². The number of benzene rings is 2. The lowest BCUT2D eigenvalue weighted by Gasteiger charge is -2.08. The van der Waals surface area contributed by atoms with Crippen LogP contribution in [0.2, 0.25) is 10.2 Å². The van der Waals surface area contributed by atoms with Gasteiger partial charge in [-0.2, -0.15) is 5.10 Å². The topological polar surface area (TPSA) is 76.0 Å². The average molecular weight is 443 g/mol. The van der Waals surface area contributed by atoms with Gasteiger partial charge < -0.3 is 10.6 Å². The van der Waals surface area contributed by atoms with Gasteiger partial charge in [-0.15, -0.1) is 0 Å². The van der Waals surface area contributed by atoms with E-state index in [0.717, 1.165) is 5.56 Å². The molecule has 1 aromatic heterocycles. The first-order valence-corrected chi connectivity index (χ1v) is 9.92. The molecule has 0 bridgehead atoms. The summed E-state index contributed by atoms with van der Waals surface area (Å²) in [5.41, 5.74) is 3.38. The van der Waals surface area contributed by atoms with Gasteiger partial charge in [0, 0.05) is 24.3 Å². The summed E-state index contributed by atoms with van der Waals surface area (Å²) in [6.45, 7) is 3.77. The maximum Gasteiger partial charge on any atom is 0.248 e. The van der Waals surface area contributed by atoms with Gasteiger partial charge in [0.1, 0.15) is 5.15 Å². The Bertz CT molecular complexity index is 1110. The van der Waals surface area contributed by atoms with Gasteiger partial charge in [-0.25, -0.2) is 4.68 Å². The zero-order valence-electron chi connectivity index (χ0n) is 16.4. The third kappa shape index (κ3) is 5.49. The van der Waals surface area contributed by atoms with E-state index in [4.69, 9.17) is 23.2 Å². The minimum absolute atomic E-state index is 0.216. The number of hydrogen-bond acceptors (Lipinski definition) is 3. The van der Waals surface area contributed by atoms with E-state index in [-0.39, 0.29) is 11.8 Å². The van der Waals surface area contributed by atoms with Gasteiger partial charge in [0.05, 0.1) is 22.9 Å². The number of aryl methyl sites for hydroxylation is 1. The molecular weight excluding hydrogens is 423 g/mol. The summed E-state index contributed by atoms with van der Waals surface area (Å²) in [5.74, 6) is -0.602. The summed E-state index contributed by atoms with van der Waals surface area (Å²) >= 11 is 12.6. The Hall–Kier alpha value is -3.09. The molecule has 3 aromatic rings. The Morgan fingerprint density at radius 2 is 1.83 bits per heavy atom. The highest BCUT2D eigenvalue weighted by atomic mass is 35.5. The molecule has 0 unspecified atom stereocenters. The van der Waals surface area contributed by atoms with Crippen molar-refractivity contribution in [2.24, 2.45) is 0 Å². The molecule has 0 fully saturated rings. The van der Waals surface area contributed by atoms with E-state index in [1.54, 1.807) is 29.0 Å². The van der Waals surface area contributed by atoms with Gasteiger partial charge in [-0.3, -0.25) is 9.59 Å². The third-order valence-corrected chi connectivity index (χ3v) is 4.96. The molecule has 6 nitrogen and oxygen atoms in total. The van der Waals surface area contributed by atoms with Crippen LogP contribution in [0.15, 0.2) is 54.6 Å². The fourth-order valence-corrected chi connectivity index (χ4v) is 3.32. The van der Waals surface area contributed by atoms with Gasteiger partial charge in [0.2, 0.25) is 11.8 Å². The van der Waals surface area contributed by atoms with Crippen molar-refractivity contribution in [1.29, 1.82) is 0 Å². The number of amides is 2. The van der Waals surface area contributed by atoms with E-state index < -0.39 is 0 Å². The van der Waals surface area contributed by atoms with Crippen molar-refractivity contribution in [2.75, 3.05) is 10.6 Å². The second-order valence-corrected chi connectivity index (χ2v) is 7.40. The molecule has 154 valence electrons. The van der Waals surface area contributed by atoms with Crippen LogP contribution in [0.3, 0.4) is 0 Å². The van der Waals surface area contributed by atoms with Crippen molar-refractivity contribution in [3.63, 3.8) is 0 Å². The van der Waals surface area contributed by atoms with Gasteiger partial charge in [0.15, 0.2) is 0 Å². The summed E-state index contributed by atoms with van der Waals surface area (Å²) in [4.78, 5) is 23.6. The molecule has 30 heavy (non-hydrogen) atoms. The molecule has 0 spiro atoms. The molecule has 0 saturated heterocycles. The Labute approximate surface area is 184 Å². The Morgan fingerprint density at radius 1 is 1.10 bits per heavy atom. The number of anilines is 2. The van der Waals surface area contributed by atoms with Crippen LogP contribution in [-0.2, 0) is 16.1 Å². The standard InChI is InChI=1S/C22H20Cl2N4O2/c1-14-18(22(24)28(27-14)13-16-6-4-3-5-7-16)9-11-21(30)26-20-12-17(25-15(2)29)8-10-19(20)23/h3-12H,13H2,1-2H3,(H,25,29)(H,26,30)/b11-9+. The quantitative estimate of drug-likeness (QED) is 0.517. The molecule has 2 aromatic carbocycles. The minimum Gasteiger partial charge on any atom is -0.326 e. The van der Waals surface area contributed by atoms with Gasteiger partial charge in [0.25, 0.3) is 0 Å². The number of halogens is 2. The lowest BCUT2D eigenvalue weighted by Crippen LogP contribution is -2.10. The van der Waals surface area contributed by atoms with Crippen LogP contribution >= 0.6 is 23.2 Å². The van der Waals surface area contributed by atoms with Crippen molar-refractivity contribution in [1.82, 2.24) is 9.78 Å². The molecule has 8 heteroatoms. The summed E-state index contributed by atoms with van der Waals surface area (Å²) < 4.78 is 1.69. The molecule has 0 aliphatic rings. The largest absolute Gasteiger partial charge is 0.326 e. The Kier molecular flexibility index (Phi) is 6.92. The lowest BCUT2D eigenvalue weighted by atomic mass is 10.2. The van der Waals surface area contributed by atoms with E-state index in [1.807, 2.05) is 37.3 Å². The fraction of sp³-hybridized carbons (Fsp3) is 0.136. The lowest BCUT2D eigenvalue weighted by molar-refractivity contribution is -0.114. The predicted molar refractivity (Wildman–Crippen MR) is 121 cm³/mol. The molecule has 2 N–H and O–H groups in total. The molecular formula is C22H20Cl2N4O2. The molecule has 2 amide bonds. The number of nitrogens with one attached hydrogen (secondary N) is 2. The van der Waals surface area contributed by atoms with E-state index in [9.17, 15) is 9.59 Å². The number of carbonyl (C=O) groups excluding carboxylic acids is 2. The molecule has 0 radical (unpaired) electrons. The molecule has 0 aliphatic heterocycles. The van der Waals surface area contributed by atoms with Crippen molar-refractivity contribution in [3.8, 4) is 0 Å². The van der Waals surface area contributed by atoms with E-state index in [0.29, 0.717) is 39.4 Å². The zero-order valence-corrected chi connectivity index (χ0v) is 18.0. The first-order valence-electron chi connectivity index (χ1n) is 9.16. The zero-order chi connectivity index (χ0) is 21.7. The smallest absolute Gasteiger partial charge is 0.248 e. The predicted octanol–water partition coefficient (Wildman–Crippen LogP) is 5.16. The van der Waals surface area contributed by atoms with Crippen LogP contribution in [0.5, 0.6) is 0 Å². The number of carbonyl (C=O) groups is 2. The summed E-state index contributed by atoms with van der Waals surface area (Å²) in [6.07, 6.45) is 2.98. The van der Waals surface area contributed by atoms with Crippen LogP contribution in [0.1, 0.15) is 23.7 Å². The third-order valence-electron chi connectivity index (χ3n) is 4.23. The van der Waals surface area contributed by atoms with Gasteiger partial charge >= 0.3 is 0 Å². The SMILES string of the molecule is CC(=O)Nc1ccc(Cl)c(NC(=O)/C=C/c2c(C)nn(Cc3ccccc3)c2Cl)c1. The summed E-state index contributed by atoms with van der Waals surface area (Å²) in [6, 6.07) is 14.7. The van der Waals surface area contributed by atoms with Crippen LogP contribution in [0.25, 0.3) is 6.08 Å². The normalized spacial score (nSPS) is 10.9. The highest BCUT2D eigenvalue weighted by molar-refractivity contribution is 6.34. The number of hydrogen-bond donors (Lipinski definition) is 2. The summed E-state index contributed by atoms with van der Waals surface area (Å²) in [5, 5.41) is 10.6. The number of aromatic nitrogens is 2. The van der Waals surface area contributed by atoms with Crippen LogP contribution in [0.4, 0.5) is 11.4 Å². The first-order chi connectivity index (χ1) is 14.3. The highest BCUT2D eigenvalue weighted by Gasteiger charge is 2.12. The second kappa shape index (κ2) is 9.61. The average Bonchev–Trinajstić information content (AvgIpc) is 2.96. The molecule has 1 heterocycles. The maximum absolute atomic E-state index is 12.4. The van der Waals surface area contributed by atoms with Crippen molar-refractivity contribution in [3.05, 3.63) is 81.6 Å². The molecule has 3 rings (SSSR count). The second-order valence-electron chi connectivity index (χ2n) is 6.63. The fourth-order valence-electron chi connectivity index (χ4n) is 2.85. The van der Waals surface area contributed by atoms with Crippen LogP contribution in [-0.4, -0.2) is 21.6 Å². The van der Waals surface area contributed by atoms with Crippen LogP contribution < -0.4 is 10.6 Å². The summed E-state index contributed by atoms with van der Waals surface area (Å²) in [7, 11) is 0. The maximum atomic E-state index is 12.4. The number of rotatable bonds is 6. The monoisotopic (exact) mass is 442 g/mol. The molecule has 0 aliphatic carbocycles. The van der Waals surface area contributed by atoms with Crippen LogP contribution in [0, 0.1) is 6.92 Å². The highest BCUT2D eigenvalue weighted by Crippen LogP contribution is 2.26. The molecule has 0 saturated carbocycles. The Morgan fingerprint density at radius 3 is 2.53 bits per heavy atom. The minimum atomic E-state index is -0.386. The Balaban J connectivity index is 1.73. The van der Waals surface area contributed by atoms with E-state index in [1.165, 1.54) is 13.0 Å². The van der Waals surface area contributed by atoms with Crippen molar-refractivity contribution >= 4 is 52.5 Å².